The van der Waals surface area contributed by atoms with E-state index < -0.39 is 5.41 Å². The Hall–Kier alpha value is -7.56. The second kappa shape index (κ2) is 12.2. The van der Waals surface area contributed by atoms with Crippen molar-refractivity contribution in [3.8, 4) is 33.6 Å². The van der Waals surface area contributed by atoms with E-state index in [1.54, 1.807) is 0 Å². The van der Waals surface area contributed by atoms with E-state index in [2.05, 4.69) is 191 Å². The van der Waals surface area contributed by atoms with E-state index in [1.807, 2.05) is 24.5 Å². The van der Waals surface area contributed by atoms with Gasteiger partial charge in [0.25, 0.3) is 0 Å². The lowest BCUT2D eigenvalue weighted by Crippen LogP contribution is -2.28. The van der Waals surface area contributed by atoms with Gasteiger partial charge >= 0.3 is 0 Å². The first-order valence-electron chi connectivity index (χ1n) is 19.5. The van der Waals surface area contributed by atoms with Crippen LogP contribution in [0.15, 0.2) is 207 Å². The van der Waals surface area contributed by atoms with E-state index in [0.717, 1.165) is 55.6 Å². The zero-order chi connectivity index (χ0) is 37.5. The molecule has 4 aromatic heterocycles. The van der Waals surface area contributed by atoms with Crippen molar-refractivity contribution >= 4 is 43.9 Å². The van der Waals surface area contributed by atoms with Crippen LogP contribution < -0.4 is 0 Å². The fraction of sp³-hybridized carbons (Fsp3) is 0.0189. The number of aromatic nitrogens is 4. The van der Waals surface area contributed by atoms with E-state index in [0.29, 0.717) is 0 Å². The molecule has 0 saturated carbocycles. The highest BCUT2D eigenvalue weighted by Crippen LogP contribution is 2.58. The van der Waals surface area contributed by atoms with Crippen molar-refractivity contribution in [1.82, 2.24) is 19.1 Å². The summed E-state index contributed by atoms with van der Waals surface area (Å²) in [6.07, 6.45) is 3.80. The van der Waals surface area contributed by atoms with Crippen LogP contribution in [0.3, 0.4) is 0 Å². The van der Waals surface area contributed by atoms with Gasteiger partial charge in [-0.3, -0.25) is 9.55 Å². The molecule has 0 saturated heterocycles. The van der Waals surface area contributed by atoms with Gasteiger partial charge in [0, 0.05) is 39.9 Å². The van der Waals surface area contributed by atoms with Crippen molar-refractivity contribution in [2.45, 2.75) is 5.41 Å². The molecule has 1 aliphatic carbocycles. The largest absolute Gasteiger partial charge is 0.308 e. The smallest absolute Gasteiger partial charge is 0.145 e. The van der Waals surface area contributed by atoms with E-state index in [1.165, 1.54) is 44.2 Å². The summed E-state index contributed by atoms with van der Waals surface area (Å²) in [5.41, 5.74) is 17.0. The third kappa shape index (κ3) is 4.44. The van der Waals surface area contributed by atoms with Gasteiger partial charge in [-0.25, -0.2) is 4.98 Å². The average molecular weight is 727 g/mol. The predicted octanol–water partition coefficient (Wildman–Crippen LogP) is 12.7. The van der Waals surface area contributed by atoms with Gasteiger partial charge in [0.05, 0.1) is 27.5 Å². The SMILES string of the molecule is c1ccc(C2(c3ccccc3)c3ccccc3-c3c2ccc2c3c3ncccc3n2-c2ccc(-c3ccc(-n4c5ccccc5c5cccnc54)cc3)cc2)cc1. The lowest BCUT2D eigenvalue weighted by Gasteiger charge is -2.33. The fourth-order valence-electron chi connectivity index (χ4n) is 9.79. The normalized spacial score (nSPS) is 13.1. The third-order valence-electron chi connectivity index (χ3n) is 12.1. The monoisotopic (exact) mass is 726 g/mol. The summed E-state index contributed by atoms with van der Waals surface area (Å²) in [5.74, 6) is 0. The minimum Gasteiger partial charge on any atom is -0.308 e. The summed E-state index contributed by atoms with van der Waals surface area (Å²) in [4.78, 5) is 9.88. The lowest BCUT2D eigenvalue weighted by atomic mass is 9.67. The molecule has 11 aromatic rings. The van der Waals surface area contributed by atoms with Crippen LogP contribution in [0.2, 0.25) is 0 Å². The molecule has 12 rings (SSSR count). The molecule has 0 radical (unpaired) electrons. The van der Waals surface area contributed by atoms with Crippen LogP contribution in [-0.2, 0) is 5.41 Å². The molecule has 1 aliphatic rings. The third-order valence-corrected chi connectivity index (χ3v) is 12.1. The molecular weight excluding hydrogens is 693 g/mol. The van der Waals surface area contributed by atoms with Crippen molar-refractivity contribution in [3.63, 3.8) is 0 Å². The summed E-state index contributed by atoms with van der Waals surface area (Å²) >= 11 is 0. The van der Waals surface area contributed by atoms with Crippen LogP contribution in [0.25, 0.3) is 77.5 Å². The highest BCUT2D eigenvalue weighted by molar-refractivity contribution is 6.17. The molecule has 4 heteroatoms. The zero-order valence-corrected chi connectivity index (χ0v) is 30.9. The summed E-state index contributed by atoms with van der Waals surface area (Å²) in [7, 11) is 0. The van der Waals surface area contributed by atoms with Crippen LogP contribution in [0, 0.1) is 0 Å². The topological polar surface area (TPSA) is 35.6 Å². The van der Waals surface area contributed by atoms with E-state index >= 15 is 0 Å². The van der Waals surface area contributed by atoms with Gasteiger partial charge in [0.2, 0.25) is 0 Å². The Bertz CT molecular complexity index is 3230. The summed E-state index contributed by atoms with van der Waals surface area (Å²) in [6, 6.07) is 70.4. The molecule has 0 atom stereocenters. The van der Waals surface area contributed by atoms with Crippen LogP contribution in [-0.4, -0.2) is 19.1 Å². The Morgan fingerprint density at radius 2 is 0.965 bits per heavy atom. The number of benzene rings is 7. The molecule has 266 valence electrons. The second-order valence-electron chi connectivity index (χ2n) is 14.9. The summed E-state index contributed by atoms with van der Waals surface area (Å²) in [6.45, 7) is 0. The second-order valence-corrected chi connectivity index (χ2v) is 14.9. The summed E-state index contributed by atoms with van der Waals surface area (Å²) < 4.78 is 4.64. The van der Waals surface area contributed by atoms with Gasteiger partial charge < -0.3 is 4.57 Å². The fourth-order valence-corrected chi connectivity index (χ4v) is 9.79. The first-order valence-corrected chi connectivity index (χ1v) is 19.5. The van der Waals surface area contributed by atoms with Crippen molar-refractivity contribution in [1.29, 1.82) is 0 Å². The van der Waals surface area contributed by atoms with Crippen molar-refractivity contribution in [2.75, 3.05) is 0 Å². The zero-order valence-electron chi connectivity index (χ0n) is 30.9. The molecule has 0 aliphatic heterocycles. The maximum Gasteiger partial charge on any atom is 0.145 e. The van der Waals surface area contributed by atoms with Gasteiger partial charge in [0.1, 0.15) is 5.65 Å². The molecule has 4 nitrogen and oxygen atoms in total. The summed E-state index contributed by atoms with van der Waals surface area (Å²) in [5, 5.41) is 3.55. The van der Waals surface area contributed by atoms with E-state index in [-0.39, 0.29) is 0 Å². The Balaban J connectivity index is 1.01. The van der Waals surface area contributed by atoms with Crippen molar-refractivity contribution in [2.24, 2.45) is 0 Å². The number of fused-ring (bicyclic) bond motifs is 10. The average Bonchev–Trinajstić information content (AvgIpc) is 3.92. The molecule has 0 N–H and O–H groups in total. The van der Waals surface area contributed by atoms with Crippen LogP contribution >= 0.6 is 0 Å². The Labute approximate surface area is 329 Å². The van der Waals surface area contributed by atoms with Crippen molar-refractivity contribution in [3.05, 3.63) is 229 Å². The molecule has 7 aromatic carbocycles. The van der Waals surface area contributed by atoms with E-state index in [4.69, 9.17) is 9.97 Å². The van der Waals surface area contributed by atoms with Gasteiger partial charge in [0.15, 0.2) is 0 Å². The maximum absolute atomic E-state index is 5.10. The Morgan fingerprint density at radius 3 is 1.70 bits per heavy atom. The molecular formula is C53H34N4. The Kier molecular flexibility index (Phi) is 6.81. The number of hydrogen-bond donors (Lipinski definition) is 0. The molecule has 0 amide bonds. The first kappa shape index (κ1) is 31.8. The molecule has 0 fully saturated rings. The van der Waals surface area contributed by atoms with Gasteiger partial charge in [-0.1, -0.05) is 133 Å². The highest BCUT2D eigenvalue weighted by atomic mass is 15.0. The van der Waals surface area contributed by atoms with Crippen LogP contribution in [0.5, 0.6) is 0 Å². The molecule has 57 heavy (non-hydrogen) atoms. The Morgan fingerprint density at radius 1 is 0.386 bits per heavy atom. The van der Waals surface area contributed by atoms with Crippen molar-refractivity contribution < 1.29 is 0 Å². The van der Waals surface area contributed by atoms with Crippen LogP contribution in [0.4, 0.5) is 0 Å². The molecule has 0 spiro atoms. The minimum absolute atomic E-state index is 0.471. The predicted molar refractivity (Wildman–Crippen MR) is 233 cm³/mol. The number of rotatable bonds is 5. The maximum atomic E-state index is 5.10. The molecule has 0 unspecified atom stereocenters. The van der Waals surface area contributed by atoms with Crippen LogP contribution in [0.1, 0.15) is 22.3 Å². The standard InChI is InChI=1S/C53H34N4/c1-3-13-37(14-4-1)53(38-15-5-2-6-16-38)44-20-9-7-18-43(44)49-45(53)31-32-47-50(49)51-48(22-12-33-54-51)56(47)39-27-23-35(24-28-39)36-25-29-40(30-26-36)57-46-21-10-8-17-41(46)42-19-11-34-55-52(42)57/h1-34H. The quantitative estimate of drug-likeness (QED) is 0.177. The number of pyridine rings is 2. The first-order chi connectivity index (χ1) is 28.3. The minimum atomic E-state index is -0.471. The highest BCUT2D eigenvalue weighted by Gasteiger charge is 2.47. The number of para-hydroxylation sites is 1. The van der Waals surface area contributed by atoms with Gasteiger partial charge in [-0.05, 0) is 105 Å². The van der Waals surface area contributed by atoms with Gasteiger partial charge in [-0.2, -0.15) is 0 Å². The lowest BCUT2D eigenvalue weighted by molar-refractivity contribution is 0.769. The number of hydrogen-bond acceptors (Lipinski definition) is 2. The van der Waals surface area contributed by atoms with E-state index in [9.17, 15) is 0 Å². The number of nitrogens with zero attached hydrogens (tertiary/aromatic N) is 4. The molecule has 4 heterocycles. The van der Waals surface area contributed by atoms with Gasteiger partial charge in [-0.15, -0.1) is 0 Å². The molecule has 0 bridgehead atoms.